The van der Waals surface area contributed by atoms with Gasteiger partial charge in [-0.2, -0.15) is 0 Å². The van der Waals surface area contributed by atoms with Crippen molar-refractivity contribution in [2.24, 2.45) is 11.8 Å². The molecular formula is C15H28. The molecule has 0 nitrogen and oxygen atoms in total. The molecule has 1 unspecified atom stereocenters. The van der Waals surface area contributed by atoms with E-state index in [-0.39, 0.29) is 0 Å². The van der Waals surface area contributed by atoms with Crippen LogP contribution in [-0.4, -0.2) is 0 Å². The molecule has 88 valence electrons. The van der Waals surface area contributed by atoms with E-state index in [2.05, 4.69) is 33.9 Å². The van der Waals surface area contributed by atoms with Crippen LogP contribution in [0.4, 0.5) is 0 Å². The number of rotatable bonds is 9. The van der Waals surface area contributed by atoms with Crippen molar-refractivity contribution in [2.45, 2.75) is 59.3 Å². The highest BCUT2D eigenvalue weighted by molar-refractivity contribution is 5.10. The van der Waals surface area contributed by atoms with Crippen LogP contribution < -0.4 is 0 Å². The molecule has 0 aliphatic heterocycles. The maximum absolute atomic E-state index is 3.94. The summed E-state index contributed by atoms with van der Waals surface area (Å²) >= 11 is 0. The van der Waals surface area contributed by atoms with Crippen molar-refractivity contribution in [3.05, 3.63) is 24.8 Å². The summed E-state index contributed by atoms with van der Waals surface area (Å²) in [7, 11) is 0. The quantitative estimate of drug-likeness (QED) is 0.447. The molecular weight excluding hydrogens is 180 g/mol. The van der Waals surface area contributed by atoms with Gasteiger partial charge in [0.2, 0.25) is 0 Å². The van der Waals surface area contributed by atoms with Gasteiger partial charge < -0.3 is 0 Å². The minimum absolute atomic E-state index is 0.859. The molecule has 0 fully saturated rings. The van der Waals surface area contributed by atoms with Gasteiger partial charge in [-0.3, -0.25) is 0 Å². The van der Waals surface area contributed by atoms with E-state index in [1.165, 1.54) is 37.7 Å². The van der Waals surface area contributed by atoms with Crippen LogP contribution in [0.1, 0.15) is 59.3 Å². The van der Waals surface area contributed by atoms with E-state index in [9.17, 15) is 0 Å². The SMILES string of the molecule is C=CC(=C)CCCC(C)CCCC(C)C. The minimum Gasteiger partial charge on any atom is -0.0988 e. The molecule has 0 aromatic heterocycles. The van der Waals surface area contributed by atoms with E-state index in [0.717, 1.165) is 18.3 Å². The van der Waals surface area contributed by atoms with Crippen molar-refractivity contribution in [3.63, 3.8) is 0 Å². The van der Waals surface area contributed by atoms with E-state index in [1.807, 2.05) is 6.08 Å². The fourth-order valence-corrected chi connectivity index (χ4v) is 1.80. The summed E-state index contributed by atoms with van der Waals surface area (Å²) in [5, 5.41) is 0. The molecule has 0 saturated carbocycles. The molecule has 0 heterocycles. The van der Waals surface area contributed by atoms with Gasteiger partial charge in [0.15, 0.2) is 0 Å². The normalized spacial score (nSPS) is 12.8. The second-order valence-corrected chi connectivity index (χ2v) is 5.18. The first-order valence-corrected chi connectivity index (χ1v) is 6.36. The molecule has 0 heteroatoms. The topological polar surface area (TPSA) is 0 Å². The average Bonchev–Trinajstić information content (AvgIpc) is 2.17. The molecule has 0 bridgehead atoms. The molecule has 0 rings (SSSR count). The van der Waals surface area contributed by atoms with Gasteiger partial charge in [-0.05, 0) is 24.7 Å². The van der Waals surface area contributed by atoms with Gasteiger partial charge in [-0.1, -0.05) is 71.3 Å². The Morgan fingerprint density at radius 3 is 2.20 bits per heavy atom. The maximum Gasteiger partial charge on any atom is -0.0285 e. The fourth-order valence-electron chi connectivity index (χ4n) is 1.80. The van der Waals surface area contributed by atoms with E-state index in [4.69, 9.17) is 0 Å². The van der Waals surface area contributed by atoms with Gasteiger partial charge in [-0.15, -0.1) is 0 Å². The third-order valence-corrected chi connectivity index (χ3v) is 2.96. The zero-order valence-electron chi connectivity index (χ0n) is 10.9. The molecule has 0 amide bonds. The lowest BCUT2D eigenvalue weighted by atomic mass is 9.95. The van der Waals surface area contributed by atoms with Crippen molar-refractivity contribution < 1.29 is 0 Å². The number of hydrogen-bond donors (Lipinski definition) is 0. The summed E-state index contributed by atoms with van der Waals surface area (Å²) in [6, 6.07) is 0. The van der Waals surface area contributed by atoms with Gasteiger partial charge in [0.1, 0.15) is 0 Å². The summed E-state index contributed by atoms with van der Waals surface area (Å²) < 4.78 is 0. The molecule has 0 aliphatic rings. The number of allylic oxidation sites excluding steroid dienone is 2. The van der Waals surface area contributed by atoms with Crippen molar-refractivity contribution in [3.8, 4) is 0 Å². The average molecular weight is 208 g/mol. The van der Waals surface area contributed by atoms with Crippen LogP contribution in [0.5, 0.6) is 0 Å². The highest BCUT2D eigenvalue weighted by atomic mass is 14.1. The largest absolute Gasteiger partial charge is 0.0988 e. The van der Waals surface area contributed by atoms with Gasteiger partial charge in [0, 0.05) is 0 Å². The van der Waals surface area contributed by atoms with Crippen molar-refractivity contribution in [1.29, 1.82) is 0 Å². The van der Waals surface area contributed by atoms with Crippen LogP contribution in [0.15, 0.2) is 24.8 Å². The van der Waals surface area contributed by atoms with Gasteiger partial charge in [0.05, 0.1) is 0 Å². The summed E-state index contributed by atoms with van der Waals surface area (Å²) in [6.45, 7) is 14.6. The van der Waals surface area contributed by atoms with Gasteiger partial charge in [-0.25, -0.2) is 0 Å². The zero-order chi connectivity index (χ0) is 11.7. The smallest absolute Gasteiger partial charge is 0.0285 e. The molecule has 0 aromatic rings. The Morgan fingerprint density at radius 1 is 1.07 bits per heavy atom. The second kappa shape index (κ2) is 8.76. The third kappa shape index (κ3) is 9.78. The predicted molar refractivity (Wildman–Crippen MR) is 71.0 cm³/mol. The van der Waals surface area contributed by atoms with Crippen LogP contribution in [0, 0.1) is 11.8 Å². The van der Waals surface area contributed by atoms with E-state index in [1.54, 1.807) is 0 Å². The fraction of sp³-hybridized carbons (Fsp3) is 0.733. The van der Waals surface area contributed by atoms with Crippen molar-refractivity contribution in [2.75, 3.05) is 0 Å². The number of hydrogen-bond acceptors (Lipinski definition) is 0. The third-order valence-electron chi connectivity index (χ3n) is 2.96. The molecule has 1 atom stereocenters. The molecule has 0 N–H and O–H groups in total. The monoisotopic (exact) mass is 208 g/mol. The Kier molecular flexibility index (Phi) is 8.46. The highest BCUT2D eigenvalue weighted by Gasteiger charge is 2.03. The molecule has 0 saturated heterocycles. The summed E-state index contributed by atoms with van der Waals surface area (Å²) in [6.07, 6.45) is 9.77. The van der Waals surface area contributed by atoms with Crippen LogP contribution in [-0.2, 0) is 0 Å². The molecule has 0 aliphatic carbocycles. The first-order chi connectivity index (χ1) is 7.06. The molecule has 0 aromatic carbocycles. The Bertz CT molecular complexity index is 176. The van der Waals surface area contributed by atoms with Gasteiger partial charge >= 0.3 is 0 Å². The lowest BCUT2D eigenvalue weighted by molar-refractivity contribution is 0.428. The molecule has 0 spiro atoms. The lowest BCUT2D eigenvalue weighted by Gasteiger charge is -2.12. The van der Waals surface area contributed by atoms with Crippen LogP contribution >= 0.6 is 0 Å². The Hall–Kier alpha value is -0.520. The van der Waals surface area contributed by atoms with Crippen LogP contribution in [0.25, 0.3) is 0 Å². The van der Waals surface area contributed by atoms with E-state index < -0.39 is 0 Å². The summed E-state index contributed by atoms with van der Waals surface area (Å²) in [4.78, 5) is 0. The van der Waals surface area contributed by atoms with E-state index >= 15 is 0 Å². The Labute approximate surface area is 96.5 Å². The minimum atomic E-state index is 0.859. The molecule has 0 radical (unpaired) electrons. The van der Waals surface area contributed by atoms with Gasteiger partial charge in [0.25, 0.3) is 0 Å². The maximum atomic E-state index is 3.94. The molecule has 15 heavy (non-hydrogen) atoms. The summed E-state index contributed by atoms with van der Waals surface area (Å²) in [5.41, 5.74) is 1.18. The van der Waals surface area contributed by atoms with Crippen LogP contribution in [0.3, 0.4) is 0 Å². The van der Waals surface area contributed by atoms with E-state index in [0.29, 0.717) is 0 Å². The Balaban J connectivity index is 3.36. The predicted octanol–water partition coefficient (Wildman–Crippen LogP) is 5.36. The van der Waals surface area contributed by atoms with Crippen molar-refractivity contribution in [1.82, 2.24) is 0 Å². The summed E-state index contributed by atoms with van der Waals surface area (Å²) in [5.74, 6) is 1.74. The lowest BCUT2D eigenvalue weighted by Crippen LogP contribution is -1.97. The Morgan fingerprint density at radius 2 is 1.67 bits per heavy atom. The first kappa shape index (κ1) is 14.5. The zero-order valence-corrected chi connectivity index (χ0v) is 10.9. The first-order valence-electron chi connectivity index (χ1n) is 6.36. The van der Waals surface area contributed by atoms with Crippen LogP contribution in [0.2, 0.25) is 0 Å². The second-order valence-electron chi connectivity index (χ2n) is 5.18. The highest BCUT2D eigenvalue weighted by Crippen LogP contribution is 2.18. The van der Waals surface area contributed by atoms with Crippen molar-refractivity contribution >= 4 is 0 Å². The standard InChI is InChI=1S/C15H28/c1-6-14(4)10-8-12-15(5)11-7-9-13(2)3/h6,13,15H,1,4,7-12H2,2-3,5H3.